The molecule has 14 heavy (non-hydrogen) atoms. The Morgan fingerprint density at radius 3 is 2.64 bits per heavy atom. The van der Waals surface area contributed by atoms with E-state index in [1.807, 2.05) is 7.05 Å². The number of hydrogen-bond donors (Lipinski definition) is 1. The van der Waals surface area contributed by atoms with Gasteiger partial charge in [0.15, 0.2) is 0 Å². The number of β-amino-alcohol motifs (C(OH)–C–C–N with tert-alkyl or cyclic N) is 1. The first-order valence-corrected chi connectivity index (χ1v) is 5.28. The van der Waals surface area contributed by atoms with E-state index in [0.29, 0.717) is 0 Å². The maximum absolute atomic E-state index is 9.84. The van der Waals surface area contributed by atoms with Crippen LogP contribution in [0.15, 0.2) is 0 Å². The molecule has 0 spiro atoms. The van der Waals surface area contributed by atoms with Gasteiger partial charge in [-0.25, -0.2) is 0 Å². The Bertz CT molecular complexity index is 166. The molecule has 1 aliphatic rings. The average Bonchev–Trinajstić information content (AvgIpc) is 2.47. The fourth-order valence-corrected chi connectivity index (χ4v) is 2.08. The molecule has 0 aromatic heterocycles. The molecule has 1 fully saturated rings. The van der Waals surface area contributed by atoms with Crippen molar-refractivity contribution in [2.75, 3.05) is 46.9 Å². The van der Waals surface area contributed by atoms with Gasteiger partial charge in [-0.3, -0.25) is 4.90 Å². The number of ether oxygens (including phenoxy) is 1. The van der Waals surface area contributed by atoms with Gasteiger partial charge in [-0.1, -0.05) is 6.92 Å². The van der Waals surface area contributed by atoms with Crippen molar-refractivity contribution in [3.63, 3.8) is 0 Å². The van der Waals surface area contributed by atoms with Crippen molar-refractivity contribution in [1.82, 2.24) is 9.80 Å². The van der Waals surface area contributed by atoms with Crippen molar-refractivity contribution in [3.05, 3.63) is 0 Å². The number of hydrogen-bond acceptors (Lipinski definition) is 4. The minimum Gasteiger partial charge on any atom is -0.390 e. The van der Waals surface area contributed by atoms with E-state index in [1.54, 1.807) is 7.11 Å². The quantitative estimate of drug-likeness (QED) is 0.660. The Morgan fingerprint density at radius 1 is 1.50 bits per heavy atom. The summed E-state index contributed by atoms with van der Waals surface area (Å²) in [4.78, 5) is 4.46. The second-order valence-corrected chi connectivity index (χ2v) is 3.98. The summed E-state index contributed by atoms with van der Waals surface area (Å²) < 4.78 is 5.06. The van der Waals surface area contributed by atoms with Crippen molar-refractivity contribution < 1.29 is 9.84 Å². The van der Waals surface area contributed by atoms with E-state index in [2.05, 4.69) is 16.7 Å². The molecule has 0 saturated carbocycles. The summed E-state index contributed by atoms with van der Waals surface area (Å²) >= 11 is 0. The molecular weight excluding hydrogens is 180 g/mol. The zero-order valence-electron chi connectivity index (χ0n) is 9.44. The van der Waals surface area contributed by atoms with Gasteiger partial charge in [-0.2, -0.15) is 0 Å². The van der Waals surface area contributed by atoms with Crippen molar-refractivity contribution in [3.8, 4) is 0 Å². The van der Waals surface area contributed by atoms with Crippen molar-refractivity contribution in [1.29, 1.82) is 0 Å². The molecule has 1 N–H and O–H groups in total. The number of likely N-dealkylation sites (N-methyl/N-ethyl adjacent to an activating group) is 2. The molecule has 1 rings (SSSR count). The van der Waals surface area contributed by atoms with Gasteiger partial charge < -0.3 is 14.7 Å². The van der Waals surface area contributed by atoms with Crippen LogP contribution in [0.2, 0.25) is 0 Å². The Morgan fingerprint density at radius 2 is 2.21 bits per heavy atom. The molecule has 2 unspecified atom stereocenters. The lowest BCUT2D eigenvalue weighted by atomic mass is 10.2. The molecule has 4 nitrogen and oxygen atoms in total. The van der Waals surface area contributed by atoms with Gasteiger partial charge in [0.05, 0.1) is 12.7 Å². The lowest BCUT2D eigenvalue weighted by Gasteiger charge is -2.28. The van der Waals surface area contributed by atoms with Crippen LogP contribution in [0.4, 0.5) is 0 Å². The molecule has 1 saturated heterocycles. The molecule has 0 aliphatic carbocycles. The molecule has 0 amide bonds. The second-order valence-electron chi connectivity index (χ2n) is 3.98. The zero-order chi connectivity index (χ0) is 10.6. The van der Waals surface area contributed by atoms with Crippen LogP contribution in [0, 0.1) is 0 Å². The Kier molecular flexibility index (Phi) is 4.81. The Labute approximate surface area is 86.4 Å². The first kappa shape index (κ1) is 11.9. The number of likely N-dealkylation sites (tertiary alicyclic amines) is 1. The fourth-order valence-electron chi connectivity index (χ4n) is 2.08. The highest BCUT2D eigenvalue weighted by molar-refractivity contribution is 4.89. The van der Waals surface area contributed by atoms with E-state index in [9.17, 15) is 5.11 Å². The van der Waals surface area contributed by atoms with E-state index in [4.69, 9.17) is 4.74 Å². The summed E-state index contributed by atoms with van der Waals surface area (Å²) in [7, 11) is 3.76. The van der Waals surface area contributed by atoms with Gasteiger partial charge in [0.2, 0.25) is 0 Å². The Hall–Kier alpha value is -0.160. The first-order chi connectivity index (χ1) is 6.69. The predicted molar refractivity (Wildman–Crippen MR) is 56.4 cm³/mol. The number of aliphatic hydroxyl groups excluding tert-OH is 1. The van der Waals surface area contributed by atoms with Crippen molar-refractivity contribution >= 4 is 0 Å². The molecule has 84 valence electrons. The van der Waals surface area contributed by atoms with E-state index >= 15 is 0 Å². The summed E-state index contributed by atoms with van der Waals surface area (Å²) in [5, 5.41) is 9.84. The monoisotopic (exact) mass is 202 g/mol. The summed E-state index contributed by atoms with van der Waals surface area (Å²) in [6.07, 6.45) is -0.211. The highest BCUT2D eigenvalue weighted by atomic mass is 16.5. The van der Waals surface area contributed by atoms with Crippen LogP contribution in [0.3, 0.4) is 0 Å². The number of methoxy groups -OCH3 is 1. The maximum Gasteiger partial charge on any atom is 0.0834 e. The maximum atomic E-state index is 9.84. The normalized spacial score (nSPS) is 28.9. The van der Waals surface area contributed by atoms with E-state index in [1.165, 1.54) is 0 Å². The molecule has 0 bridgehead atoms. The third kappa shape index (κ3) is 2.92. The van der Waals surface area contributed by atoms with Crippen LogP contribution in [0.25, 0.3) is 0 Å². The van der Waals surface area contributed by atoms with Gasteiger partial charge in [-0.05, 0) is 13.6 Å². The SMILES string of the molecule is CCN(CCOC)C1CN(C)CC1O. The van der Waals surface area contributed by atoms with Crippen LogP contribution in [0.1, 0.15) is 6.92 Å². The highest BCUT2D eigenvalue weighted by Crippen LogP contribution is 2.14. The van der Waals surface area contributed by atoms with E-state index in [0.717, 1.165) is 32.8 Å². The summed E-state index contributed by atoms with van der Waals surface area (Å²) in [5.74, 6) is 0. The molecule has 1 heterocycles. The molecule has 4 heteroatoms. The van der Waals surface area contributed by atoms with Gasteiger partial charge in [0.25, 0.3) is 0 Å². The molecule has 0 aromatic rings. The predicted octanol–water partition coefficient (Wildman–Crippen LogP) is -0.370. The lowest BCUT2D eigenvalue weighted by Crippen LogP contribution is -2.44. The number of aliphatic hydroxyl groups is 1. The average molecular weight is 202 g/mol. The van der Waals surface area contributed by atoms with Crippen molar-refractivity contribution in [2.45, 2.75) is 19.1 Å². The first-order valence-electron chi connectivity index (χ1n) is 5.28. The van der Waals surface area contributed by atoms with E-state index in [-0.39, 0.29) is 12.1 Å². The Balaban J connectivity index is 2.43. The van der Waals surface area contributed by atoms with Crippen LogP contribution in [-0.2, 0) is 4.74 Å². The third-order valence-corrected chi connectivity index (χ3v) is 2.90. The van der Waals surface area contributed by atoms with Crippen LogP contribution in [0.5, 0.6) is 0 Å². The largest absolute Gasteiger partial charge is 0.390 e. The smallest absolute Gasteiger partial charge is 0.0834 e. The lowest BCUT2D eigenvalue weighted by molar-refractivity contribution is 0.0652. The second kappa shape index (κ2) is 5.66. The van der Waals surface area contributed by atoms with Gasteiger partial charge in [0, 0.05) is 32.8 Å². The molecule has 1 aliphatic heterocycles. The molecule has 0 radical (unpaired) electrons. The number of nitrogens with zero attached hydrogens (tertiary/aromatic N) is 2. The van der Waals surface area contributed by atoms with E-state index < -0.39 is 0 Å². The number of rotatable bonds is 5. The molecule has 2 atom stereocenters. The fraction of sp³-hybridized carbons (Fsp3) is 1.00. The molecule has 0 aromatic carbocycles. The summed E-state index contributed by atoms with van der Waals surface area (Å²) in [6.45, 7) is 6.48. The third-order valence-electron chi connectivity index (χ3n) is 2.90. The van der Waals surface area contributed by atoms with Gasteiger partial charge >= 0.3 is 0 Å². The standard InChI is InChI=1S/C10H22N2O2/c1-4-12(5-6-14-3)9-7-11(2)8-10(9)13/h9-10,13H,4-8H2,1-3H3. The summed E-state index contributed by atoms with van der Waals surface area (Å²) in [5.41, 5.74) is 0. The van der Waals surface area contributed by atoms with Crippen molar-refractivity contribution in [2.24, 2.45) is 0 Å². The van der Waals surface area contributed by atoms with Crippen LogP contribution in [-0.4, -0.2) is 74.0 Å². The molecular formula is C10H22N2O2. The zero-order valence-corrected chi connectivity index (χ0v) is 9.44. The van der Waals surface area contributed by atoms with Crippen LogP contribution < -0.4 is 0 Å². The highest BCUT2D eigenvalue weighted by Gasteiger charge is 2.32. The minimum atomic E-state index is -0.211. The summed E-state index contributed by atoms with van der Waals surface area (Å²) in [6, 6.07) is 0.278. The van der Waals surface area contributed by atoms with Gasteiger partial charge in [0.1, 0.15) is 0 Å². The topological polar surface area (TPSA) is 35.9 Å². The minimum absolute atomic E-state index is 0.211. The van der Waals surface area contributed by atoms with Crippen LogP contribution >= 0.6 is 0 Å². The van der Waals surface area contributed by atoms with Gasteiger partial charge in [-0.15, -0.1) is 0 Å².